The molecule has 2 aromatic heterocycles. The van der Waals surface area contributed by atoms with E-state index in [1.165, 1.54) is 10.4 Å². The Kier molecular flexibility index (Phi) is 5.63. The van der Waals surface area contributed by atoms with Gasteiger partial charge in [-0.25, -0.2) is 9.97 Å². The number of hydrogen-bond donors (Lipinski definition) is 2. The van der Waals surface area contributed by atoms with Crippen molar-refractivity contribution in [2.24, 2.45) is 0 Å². The van der Waals surface area contributed by atoms with Crippen LogP contribution in [0.3, 0.4) is 0 Å². The number of amides is 1. The third kappa shape index (κ3) is 4.26. The van der Waals surface area contributed by atoms with E-state index in [2.05, 4.69) is 34.4 Å². The number of hydrogen-bond acceptors (Lipinski definition) is 5. The molecule has 1 aromatic carbocycles. The molecule has 0 aliphatic heterocycles. The fraction of sp³-hybridized carbons (Fsp3) is 0.250. The zero-order chi connectivity index (χ0) is 18.5. The predicted octanol–water partition coefficient (Wildman–Crippen LogP) is 3.86. The Bertz CT molecular complexity index is 947. The van der Waals surface area contributed by atoms with E-state index < -0.39 is 0 Å². The summed E-state index contributed by atoms with van der Waals surface area (Å²) < 4.78 is 0. The first kappa shape index (κ1) is 18.1. The summed E-state index contributed by atoms with van der Waals surface area (Å²) in [7, 11) is 0. The maximum atomic E-state index is 11.9. The summed E-state index contributed by atoms with van der Waals surface area (Å²) in [5.74, 6) is 1.47. The molecule has 2 N–H and O–H groups in total. The molecule has 6 heteroatoms. The number of aryl methyl sites for hydroxylation is 3. The number of anilines is 1. The van der Waals surface area contributed by atoms with Crippen molar-refractivity contribution in [3.63, 3.8) is 0 Å². The van der Waals surface area contributed by atoms with E-state index in [1.807, 2.05) is 37.3 Å². The van der Waals surface area contributed by atoms with Crippen LogP contribution in [0.15, 0.2) is 36.4 Å². The van der Waals surface area contributed by atoms with Gasteiger partial charge in [-0.3, -0.25) is 4.79 Å². The van der Waals surface area contributed by atoms with Crippen molar-refractivity contribution in [1.29, 1.82) is 0 Å². The van der Waals surface area contributed by atoms with Gasteiger partial charge in [0.25, 0.3) is 0 Å². The summed E-state index contributed by atoms with van der Waals surface area (Å²) in [6, 6.07) is 9.75. The Labute approximate surface area is 157 Å². The largest absolute Gasteiger partial charge is 0.368 e. The smallest absolute Gasteiger partial charge is 0.244 e. The molecular formula is C20H22N4OS. The molecule has 0 saturated carbocycles. The predicted molar refractivity (Wildman–Crippen MR) is 109 cm³/mol. The van der Waals surface area contributed by atoms with Crippen LogP contribution < -0.4 is 10.6 Å². The summed E-state index contributed by atoms with van der Waals surface area (Å²) in [4.78, 5) is 23.2. The van der Waals surface area contributed by atoms with E-state index >= 15 is 0 Å². The van der Waals surface area contributed by atoms with Gasteiger partial charge in [-0.1, -0.05) is 30.3 Å². The van der Waals surface area contributed by atoms with Crippen LogP contribution in [-0.2, 0) is 4.79 Å². The minimum atomic E-state index is -0.109. The lowest BCUT2D eigenvalue weighted by Gasteiger charge is -2.09. The maximum absolute atomic E-state index is 11.9. The van der Waals surface area contributed by atoms with Crippen molar-refractivity contribution in [2.45, 2.75) is 20.8 Å². The van der Waals surface area contributed by atoms with Crippen molar-refractivity contribution in [3.05, 3.63) is 58.2 Å². The van der Waals surface area contributed by atoms with Gasteiger partial charge in [0, 0.05) is 24.0 Å². The molecule has 1 amide bonds. The Morgan fingerprint density at radius 1 is 1.12 bits per heavy atom. The molecule has 0 aliphatic carbocycles. The maximum Gasteiger partial charge on any atom is 0.244 e. The number of rotatable bonds is 6. The molecule has 0 radical (unpaired) electrons. The van der Waals surface area contributed by atoms with Gasteiger partial charge in [-0.2, -0.15) is 0 Å². The highest BCUT2D eigenvalue weighted by Crippen LogP contribution is 2.32. The van der Waals surface area contributed by atoms with Crippen LogP contribution in [-0.4, -0.2) is 29.0 Å². The fourth-order valence-electron chi connectivity index (χ4n) is 2.65. The van der Waals surface area contributed by atoms with Gasteiger partial charge >= 0.3 is 0 Å². The monoisotopic (exact) mass is 366 g/mol. The molecule has 26 heavy (non-hydrogen) atoms. The molecule has 0 atom stereocenters. The summed E-state index contributed by atoms with van der Waals surface area (Å²) in [5.41, 5.74) is 2.21. The lowest BCUT2D eigenvalue weighted by molar-refractivity contribution is -0.116. The SMILES string of the molecule is Cc1nc(NCCNC(=O)C=Cc2ccccc2)c2c(C)c(C)sc2n1. The van der Waals surface area contributed by atoms with E-state index in [-0.39, 0.29) is 5.91 Å². The van der Waals surface area contributed by atoms with Crippen LogP contribution in [0, 0.1) is 20.8 Å². The standard InChI is InChI=1S/C20H22N4OS/c1-13-14(2)26-20-18(13)19(23-15(3)24-20)22-12-11-21-17(25)10-9-16-7-5-4-6-8-16/h4-10H,11-12H2,1-3H3,(H,21,25)(H,22,23,24). The molecular weight excluding hydrogens is 344 g/mol. The van der Waals surface area contributed by atoms with Crippen LogP contribution in [0.25, 0.3) is 16.3 Å². The highest BCUT2D eigenvalue weighted by Gasteiger charge is 2.12. The molecule has 134 valence electrons. The minimum Gasteiger partial charge on any atom is -0.368 e. The molecule has 0 aliphatic rings. The highest BCUT2D eigenvalue weighted by molar-refractivity contribution is 7.18. The minimum absolute atomic E-state index is 0.109. The number of aromatic nitrogens is 2. The average Bonchev–Trinajstić information content (AvgIpc) is 2.91. The van der Waals surface area contributed by atoms with Crippen molar-refractivity contribution < 1.29 is 4.79 Å². The number of thiophene rings is 1. The summed E-state index contributed by atoms with van der Waals surface area (Å²) in [6.45, 7) is 7.20. The Balaban J connectivity index is 1.56. The molecule has 3 rings (SSSR count). The molecule has 0 fully saturated rings. The molecule has 0 bridgehead atoms. The molecule has 0 spiro atoms. The lowest BCUT2D eigenvalue weighted by atomic mass is 10.2. The summed E-state index contributed by atoms with van der Waals surface area (Å²) >= 11 is 1.69. The summed E-state index contributed by atoms with van der Waals surface area (Å²) in [5, 5.41) is 7.28. The van der Waals surface area contributed by atoms with E-state index in [0.29, 0.717) is 13.1 Å². The second-order valence-corrected chi connectivity index (χ2v) is 7.25. The van der Waals surface area contributed by atoms with Gasteiger partial charge in [0.15, 0.2) is 0 Å². The first-order valence-electron chi connectivity index (χ1n) is 8.54. The normalized spacial score (nSPS) is 11.2. The van der Waals surface area contributed by atoms with Crippen LogP contribution in [0.4, 0.5) is 5.82 Å². The van der Waals surface area contributed by atoms with Crippen molar-refractivity contribution >= 4 is 39.4 Å². The lowest BCUT2D eigenvalue weighted by Crippen LogP contribution is -2.27. The van der Waals surface area contributed by atoms with Crippen LogP contribution in [0.2, 0.25) is 0 Å². The number of nitrogens with one attached hydrogen (secondary N) is 2. The van der Waals surface area contributed by atoms with E-state index in [1.54, 1.807) is 23.5 Å². The van der Waals surface area contributed by atoms with Crippen molar-refractivity contribution in [1.82, 2.24) is 15.3 Å². The third-order valence-corrected chi connectivity index (χ3v) is 5.19. The number of carbonyl (C=O) groups excluding carboxylic acids is 1. The number of fused-ring (bicyclic) bond motifs is 1. The van der Waals surface area contributed by atoms with Gasteiger partial charge in [0.1, 0.15) is 16.5 Å². The molecule has 3 aromatic rings. The Morgan fingerprint density at radius 2 is 1.88 bits per heavy atom. The van der Waals surface area contributed by atoms with Crippen LogP contribution in [0.1, 0.15) is 21.8 Å². The van der Waals surface area contributed by atoms with Gasteiger partial charge in [0.2, 0.25) is 5.91 Å². The second-order valence-electron chi connectivity index (χ2n) is 6.04. The first-order chi connectivity index (χ1) is 12.5. The van der Waals surface area contributed by atoms with Crippen LogP contribution in [0.5, 0.6) is 0 Å². The van der Waals surface area contributed by atoms with E-state index in [4.69, 9.17) is 0 Å². The summed E-state index contributed by atoms with van der Waals surface area (Å²) in [6.07, 6.45) is 3.35. The van der Waals surface area contributed by atoms with Gasteiger partial charge in [-0.15, -0.1) is 11.3 Å². The average molecular weight is 366 g/mol. The second kappa shape index (κ2) is 8.10. The topological polar surface area (TPSA) is 66.9 Å². The van der Waals surface area contributed by atoms with Crippen molar-refractivity contribution in [3.8, 4) is 0 Å². The number of carbonyl (C=O) groups is 1. The molecule has 5 nitrogen and oxygen atoms in total. The molecule has 0 unspecified atom stereocenters. The fourth-order valence-corrected chi connectivity index (χ4v) is 3.72. The quantitative estimate of drug-likeness (QED) is 0.513. The van der Waals surface area contributed by atoms with Crippen LogP contribution >= 0.6 is 11.3 Å². The van der Waals surface area contributed by atoms with E-state index in [0.717, 1.165) is 27.4 Å². The molecule has 2 heterocycles. The zero-order valence-electron chi connectivity index (χ0n) is 15.2. The Morgan fingerprint density at radius 3 is 2.65 bits per heavy atom. The molecule has 0 saturated heterocycles. The van der Waals surface area contributed by atoms with Gasteiger partial charge in [0.05, 0.1) is 5.39 Å². The number of benzene rings is 1. The van der Waals surface area contributed by atoms with Crippen molar-refractivity contribution in [2.75, 3.05) is 18.4 Å². The number of nitrogens with zero attached hydrogens (tertiary/aromatic N) is 2. The first-order valence-corrected chi connectivity index (χ1v) is 9.35. The van der Waals surface area contributed by atoms with Gasteiger partial charge < -0.3 is 10.6 Å². The Hall–Kier alpha value is -2.73. The highest BCUT2D eigenvalue weighted by atomic mass is 32.1. The third-order valence-electron chi connectivity index (χ3n) is 4.08. The van der Waals surface area contributed by atoms with E-state index in [9.17, 15) is 4.79 Å². The zero-order valence-corrected chi connectivity index (χ0v) is 16.0. The van der Waals surface area contributed by atoms with Gasteiger partial charge in [-0.05, 0) is 38.0 Å².